The predicted molar refractivity (Wildman–Crippen MR) is 124 cm³/mol. The largest absolute Gasteiger partial charge is 0.301 e. The zero-order valence-electron chi connectivity index (χ0n) is 15.4. The number of thiazole rings is 1. The van der Waals surface area contributed by atoms with Crippen molar-refractivity contribution < 1.29 is 4.79 Å². The number of nitrogens with zero attached hydrogens (tertiary/aromatic N) is 3. The van der Waals surface area contributed by atoms with Crippen molar-refractivity contribution in [3.05, 3.63) is 69.5 Å². The van der Waals surface area contributed by atoms with Crippen LogP contribution in [0.4, 0.5) is 5.13 Å². The molecule has 0 aliphatic rings. The first-order valence-electron chi connectivity index (χ1n) is 8.69. The number of aromatic nitrogens is 3. The first-order valence-corrected chi connectivity index (χ1v) is 11.8. The molecule has 4 rings (SSSR count). The van der Waals surface area contributed by atoms with Gasteiger partial charge in [-0.15, -0.1) is 16.4 Å². The molecule has 0 atom stereocenters. The van der Waals surface area contributed by atoms with Crippen LogP contribution >= 0.6 is 46.7 Å². The second-order valence-corrected chi connectivity index (χ2v) is 9.83. The van der Waals surface area contributed by atoms with E-state index < -0.39 is 0 Å². The molecule has 0 unspecified atom stereocenters. The minimum absolute atomic E-state index is 0.118. The van der Waals surface area contributed by atoms with Gasteiger partial charge in [0.05, 0.1) is 17.1 Å². The van der Waals surface area contributed by atoms with E-state index in [1.165, 1.54) is 40.0 Å². The highest BCUT2D eigenvalue weighted by Gasteiger charge is 2.11. The van der Waals surface area contributed by atoms with Crippen LogP contribution in [0.3, 0.4) is 0 Å². The topological polar surface area (TPSA) is 59.8 Å². The molecule has 0 aliphatic carbocycles. The second-order valence-electron chi connectivity index (χ2n) is 6.12. The first kappa shape index (κ1) is 20.0. The van der Waals surface area contributed by atoms with Gasteiger partial charge in [0.15, 0.2) is 13.4 Å². The molecule has 4 aromatic rings. The maximum absolute atomic E-state index is 12.3. The first-order chi connectivity index (χ1) is 14.1. The molecule has 0 fully saturated rings. The summed E-state index contributed by atoms with van der Waals surface area (Å²) in [6.45, 7) is 2.05. The number of carbonyl (C=O) groups is 1. The lowest BCUT2D eigenvalue weighted by molar-refractivity contribution is -0.113. The molecule has 0 saturated heterocycles. The van der Waals surface area contributed by atoms with Crippen LogP contribution in [0, 0.1) is 10.9 Å². The molecule has 9 heteroatoms. The summed E-state index contributed by atoms with van der Waals surface area (Å²) in [4.78, 5) is 16.8. The summed E-state index contributed by atoms with van der Waals surface area (Å²) in [5.41, 5.74) is 4.01. The van der Waals surface area contributed by atoms with Crippen LogP contribution < -0.4 is 5.32 Å². The van der Waals surface area contributed by atoms with Crippen molar-refractivity contribution in [1.82, 2.24) is 14.8 Å². The Bertz CT molecular complexity index is 1180. The van der Waals surface area contributed by atoms with E-state index >= 15 is 0 Å². The number of hydrogen-bond acceptors (Lipinski definition) is 7. The zero-order chi connectivity index (χ0) is 20.2. The molecule has 1 N–H and O–H groups in total. The molecule has 5 nitrogen and oxygen atoms in total. The Labute approximate surface area is 185 Å². The van der Waals surface area contributed by atoms with Crippen LogP contribution in [-0.2, 0) is 4.79 Å². The fraction of sp³-hybridized carbons (Fsp3) is 0.100. The Morgan fingerprint density at radius 1 is 1.17 bits per heavy atom. The maximum Gasteiger partial charge on any atom is 0.236 e. The van der Waals surface area contributed by atoms with Gasteiger partial charge in [0.25, 0.3) is 0 Å². The van der Waals surface area contributed by atoms with Crippen molar-refractivity contribution >= 4 is 57.7 Å². The number of para-hydroxylation sites is 1. The van der Waals surface area contributed by atoms with Gasteiger partial charge in [0.1, 0.15) is 0 Å². The second kappa shape index (κ2) is 9.00. The van der Waals surface area contributed by atoms with E-state index in [-0.39, 0.29) is 11.7 Å². The van der Waals surface area contributed by atoms with Gasteiger partial charge < -0.3 is 5.32 Å². The van der Waals surface area contributed by atoms with Gasteiger partial charge >= 0.3 is 0 Å². The summed E-state index contributed by atoms with van der Waals surface area (Å²) in [6, 6.07) is 17.9. The minimum Gasteiger partial charge on any atom is -0.301 e. The molecular weight excluding hydrogens is 441 g/mol. The molecule has 0 aliphatic heterocycles. The minimum atomic E-state index is -0.118. The summed E-state index contributed by atoms with van der Waals surface area (Å²) >= 11 is 9.57. The molecular formula is C20H16N4OS4. The lowest BCUT2D eigenvalue weighted by Gasteiger charge is -2.01. The zero-order valence-corrected chi connectivity index (χ0v) is 18.6. The summed E-state index contributed by atoms with van der Waals surface area (Å²) in [5.74, 6) is 0.128. The molecule has 1 amide bonds. The summed E-state index contributed by atoms with van der Waals surface area (Å²) < 4.78 is 3.13. The molecule has 0 spiro atoms. The Hall–Kier alpha value is -2.33. The lowest BCUT2D eigenvalue weighted by atomic mass is 10.1. The SMILES string of the molecule is Cc1ccc(-c2csc(NC(=O)CSc3nn(-c4ccccc4)c(=S)s3)n2)cc1. The predicted octanol–water partition coefficient (Wildman–Crippen LogP) is 5.83. The molecule has 2 aromatic carbocycles. The number of aryl methyl sites for hydroxylation is 1. The lowest BCUT2D eigenvalue weighted by Crippen LogP contribution is -2.13. The maximum atomic E-state index is 12.3. The van der Waals surface area contributed by atoms with E-state index in [2.05, 4.69) is 15.4 Å². The van der Waals surface area contributed by atoms with Crippen molar-refractivity contribution in [3.63, 3.8) is 0 Å². The molecule has 0 bridgehead atoms. The van der Waals surface area contributed by atoms with Gasteiger partial charge in [-0.2, -0.15) is 0 Å². The summed E-state index contributed by atoms with van der Waals surface area (Å²) in [6.07, 6.45) is 0. The Kier molecular flexibility index (Phi) is 6.19. The fourth-order valence-corrected chi connectivity index (χ4v) is 5.42. The number of thioether (sulfide) groups is 1. The molecule has 2 heterocycles. The van der Waals surface area contributed by atoms with Gasteiger partial charge in [-0.25, -0.2) is 9.67 Å². The third-order valence-corrected chi connectivity index (χ3v) is 7.08. The average molecular weight is 457 g/mol. The Morgan fingerprint density at radius 2 is 1.93 bits per heavy atom. The fourth-order valence-electron chi connectivity index (χ4n) is 2.52. The third-order valence-electron chi connectivity index (χ3n) is 3.95. The van der Waals surface area contributed by atoms with Crippen molar-refractivity contribution in [2.24, 2.45) is 0 Å². The van der Waals surface area contributed by atoms with E-state index in [9.17, 15) is 4.79 Å². The quantitative estimate of drug-likeness (QED) is 0.292. The highest BCUT2D eigenvalue weighted by Crippen LogP contribution is 2.27. The molecule has 29 heavy (non-hydrogen) atoms. The average Bonchev–Trinajstić information content (AvgIpc) is 3.34. The monoisotopic (exact) mass is 456 g/mol. The molecule has 146 valence electrons. The van der Waals surface area contributed by atoms with E-state index in [1.54, 1.807) is 4.68 Å². The smallest absolute Gasteiger partial charge is 0.236 e. The van der Waals surface area contributed by atoms with Gasteiger partial charge in [0, 0.05) is 10.9 Å². The number of anilines is 1. The van der Waals surface area contributed by atoms with Crippen molar-refractivity contribution in [3.8, 4) is 16.9 Å². The normalized spacial score (nSPS) is 10.8. The number of hydrogen-bond donors (Lipinski definition) is 1. The van der Waals surface area contributed by atoms with Crippen molar-refractivity contribution in [2.75, 3.05) is 11.1 Å². The number of benzene rings is 2. The summed E-state index contributed by atoms with van der Waals surface area (Å²) in [7, 11) is 0. The number of carbonyl (C=O) groups excluding carboxylic acids is 1. The highest BCUT2D eigenvalue weighted by molar-refractivity contribution is 8.01. The highest BCUT2D eigenvalue weighted by atomic mass is 32.2. The van der Waals surface area contributed by atoms with E-state index in [0.717, 1.165) is 21.3 Å². The molecule has 0 saturated carbocycles. The van der Waals surface area contributed by atoms with Crippen LogP contribution in [-0.4, -0.2) is 26.4 Å². The Balaban J connectivity index is 1.36. The van der Waals surface area contributed by atoms with E-state index in [4.69, 9.17) is 12.2 Å². The van der Waals surface area contributed by atoms with E-state index in [0.29, 0.717) is 9.09 Å². The van der Waals surface area contributed by atoms with Crippen LogP contribution in [0.25, 0.3) is 16.9 Å². The number of rotatable bonds is 6. The molecule has 0 radical (unpaired) electrons. The van der Waals surface area contributed by atoms with Crippen LogP contribution in [0.15, 0.2) is 64.3 Å². The van der Waals surface area contributed by atoms with Crippen molar-refractivity contribution in [2.45, 2.75) is 11.3 Å². The van der Waals surface area contributed by atoms with Gasteiger partial charge in [0.2, 0.25) is 5.91 Å². The Morgan fingerprint density at radius 3 is 2.69 bits per heavy atom. The van der Waals surface area contributed by atoms with Crippen LogP contribution in [0.1, 0.15) is 5.56 Å². The van der Waals surface area contributed by atoms with Gasteiger partial charge in [-0.3, -0.25) is 4.79 Å². The van der Waals surface area contributed by atoms with Crippen molar-refractivity contribution in [1.29, 1.82) is 0 Å². The molecule has 2 aromatic heterocycles. The van der Waals surface area contributed by atoms with E-state index in [1.807, 2.05) is 66.9 Å². The number of nitrogens with one attached hydrogen (secondary N) is 1. The van der Waals surface area contributed by atoms with Crippen LogP contribution in [0.2, 0.25) is 0 Å². The van der Waals surface area contributed by atoms with Gasteiger partial charge in [-0.05, 0) is 31.3 Å². The number of amides is 1. The van der Waals surface area contributed by atoms with Gasteiger partial charge in [-0.1, -0.05) is 71.1 Å². The standard InChI is InChI=1S/C20H16N4OS4/c1-13-7-9-14(10-8-13)16-11-27-18(21-16)22-17(25)12-28-19-23-24(20(26)29-19)15-5-3-2-4-6-15/h2-11H,12H2,1H3,(H,21,22,25). The van der Waals surface area contributed by atoms with Crippen LogP contribution in [0.5, 0.6) is 0 Å². The summed E-state index contributed by atoms with van der Waals surface area (Å²) in [5, 5.41) is 9.91. The third kappa shape index (κ3) is 4.99.